The standard InChI is InChI=1S/C15H20ClN5S2/c1-15(2,3)21-14(18-10-19-21)23-9-8-17-13(22)20-12-6-4-11(16)5-7-12/h4-7,10H,8-9H2,1-3H3,(H2,17,20,22). The smallest absolute Gasteiger partial charge is 0.186 e. The molecule has 0 unspecified atom stereocenters. The molecule has 1 heterocycles. The maximum absolute atomic E-state index is 5.85. The number of anilines is 1. The van der Waals surface area contributed by atoms with Gasteiger partial charge in [-0.1, -0.05) is 23.4 Å². The lowest BCUT2D eigenvalue weighted by Gasteiger charge is -2.20. The summed E-state index contributed by atoms with van der Waals surface area (Å²) in [6.07, 6.45) is 1.59. The summed E-state index contributed by atoms with van der Waals surface area (Å²) in [5.41, 5.74) is 0.838. The Balaban J connectivity index is 1.74. The van der Waals surface area contributed by atoms with Crippen molar-refractivity contribution in [3.05, 3.63) is 35.6 Å². The summed E-state index contributed by atoms with van der Waals surface area (Å²) < 4.78 is 1.93. The minimum Gasteiger partial charge on any atom is -0.362 e. The zero-order valence-electron chi connectivity index (χ0n) is 13.3. The first kappa shape index (κ1) is 18.0. The summed E-state index contributed by atoms with van der Waals surface area (Å²) in [6, 6.07) is 7.41. The van der Waals surface area contributed by atoms with Crippen molar-refractivity contribution in [1.29, 1.82) is 0 Å². The average molecular weight is 370 g/mol. The Bertz CT molecular complexity index is 649. The third-order valence-electron chi connectivity index (χ3n) is 2.87. The fourth-order valence-corrected chi connectivity index (χ4v) is 3.10. The van der Waals surface area contributed by atoms with Crippen molar-refractivity contribution < 1.29 is 0 Å². The Kier molecular flexibility index (Phi) is 6.26. The second-order valence-corrected chi connectivity index (χ2v) is 7.77. The van der Waals surface area contributed by atoms with E-state index in [0.29, 0.717) is 10.1 Å². The molecule has 0 radical (unpaired) electrons. The lowest BCUT2D eigenvalue weighted by Crippen LogP contribution is -2.30. The van der Waals surface area contributed by atoms with Crippen molar-refractivity contribution in [2.24, 2.45) is 0 Å². The van der Waals surface area contributed by atoms with Crippen LogP contribution in [0.5, 0.6) is 0 Å². The van der Waals surface area contributed by atoms with E-state index < -0.39 is 0 Å². The van der Waals surface area contributed by atoms with Gasteiger partial charge >= 0.3 is 0 Å². The maximum Gasteiger partial charge on any atom is 0.186 e. The third kappa shape index (κ3) is 5.67. The molecule has 0 atom stereocenters. The maximum atomic E-state index is 5.85. The predicted octanol–water partition coefficient (Wildman–Crippen LogP) is 3.77. The average Bonchev–Trinajstić information content (AvgIpc) is 2.95. The van der Waals surface area contributed by atoms with Crippen LogP contribution in [0, 0.1) is 0 Å². The van der Waals surface area contributed by atoms with Gasteiger partial charge in [0.05, 0.1) is 5.54 Å². The number of nitrogens with zero attached hydrogens (tertiary/aromatic N) is 3. The van der Waals surface area contributed by atoms with Crippen molar-refractivity contribution in [2.75, 3.05) is 17.6 Å². The Morgan fingerprint density at radius 2 is 2.00 bits per heavy atom. The first-order valence-electron chi connectivity index (χ1n) is 7.20. The van der Waals surface area contributed by atoms with Gasteiger partial charge in [-0.15, -0.1) is 0 Å². The fraction of sp³-hybridized carbons (Fsp3) is 0.400. The lowest BCUT2D eigenvalue weighted by molar-refractivity contribution is 0.326. The molecule has 2 aromatic rings. The predicted molar refractivity (Wildman–Crippen MR) is 101 cm³/mol. The first-order chi connectivity index (χ1) is 10.9. The fourth-order valence-electron chi connectivity index (χ4n) is 1.80. The van der Waals surface area contributed by atoms with Gasteiger partial charge in [0.1, 0.15) is 6.33 Å². The van der Waals surface area contributed by atoms with E-state index in [-0.39, 0.29) is 5.54 Å². The largest absolute Gasteiger partial charge is 0.362 e. The van der Waals surface area contributed by atoms with Crippen LogP contribution in [0.2, 0.25) is 5.02 Å². The van der Waals surface area contributed by atoms with Gasteiger partial charge in [-0.2, -0.15) is 5.10 Å². The van der Waals surface area contributed by atoms with E-state index in [1.807, 2.05) is 28.9 Å². The Labute approximate surface area is 151 Å². The van der Waals surface area contributed by atoms with Gasteiger partial charge in [-0.25, -0.2) is 9.67 Å². The quantitative estimate of drug-likeness (QED) is 0.475. The number of halogens is 1. The highest BCUT2D eigenvalue weighted by atomic mass is 35.5. The van der Waals surface area contributed by atoms with Crippen molar-refractivity contribution in [3.63, 3.8) is 0 Å². The van der Waals surface area contributed by atoms with Crippen LogP contribution in [0.4, 0.5) is 5.69 Å². The number of benzene rings is 1. The van der Waals surface area contributed by atoms with E-state index in [9.17, 15) is 0 Å². The number of nitrogens with one attached hydrogen (secondary N) is 2. The van der Waals surface area contributed by atoms with E-state index in [4.69, 9.17) is 23.8 Å². The normalized spacial score (nSPS) is 11.3. The van der Waals surface area contributed by atoms with Crippen LogP contribution in [0.3, 0.4) is 0 Å². The second-order valence-electron chi connectivity index (χ2n) is 5.86. The van der Waals surface area contributed by atoms with Gasteiger partial charge in [0, 0.05) is 23.0 Å². The molecule has 23 heavy (non-hydrogen) atoms. The minimum absolute atomic E-state index is 0.0717. The summed E-state index contributed by atoms with van der Waals surface area (Å²) in [5.74, 6) is 0.844. The zero-order valence-corrected chi connectivity index (χ0v) is 15.7. The number of hydrogen-bond acceptors (Lipinski definition) is 4. The molecular formula is C15H20ClN5S2. The molecule has 124 valence electrons. The van der Waals surface area contributed by atoms with E-state index in [1.54, 1.807) is 18.1 Å². The summed E-state index contributed by atoms with van der Waals surface area (Å²) in [7, 11) is 0. The molecule has 0 aliphatic rings. The molecule has 0 saturated heterocycles. The van der Waals surface area contributed by atoms with Crippen LogP contribution < -0.4 is 10.6 Å². The molecule has 8 heteroatoms. The number of aromatic nitrogens is 3. The van der Waals surface area contributed by atoms with Gasteiger partial charge in [0.2, 0.25) is 0 Å². The van der Waals surface area contributed by atoms with Crippen molar-refractivity contribution >= 4 is 46.4 Å². The molecular weight excluding hydrogens is 350 g/mol. The minimum atomic E-state index is -0.0717. The molecule has 0 aliphatic carbocycles. The Morgan fingerprint density at radius 3 is 2.65 bits per heavy atom. The highest BCUT2D eigenvalue weighted by molar-refractivity contribution is 7.99. The molecule has 0 bridgehead atoms. The van der Waals surface area contributed by atoms with Gasteiger partial charge in [-0.05, 0) is 57.3 Å². The molecule has 1 aromatic heterocycles. The molecule has 2 N–H and O–H groups in total. The molecule has 0 amide bonds. The lowest BCUT2D eigenvalue weighted by atomic mass is 10.1. The van der Waals surface area contributed by atoms with Crippen LogP contribution >= 0.6 is 35.6 Å². The molecule has 0 spiro atoms. The van der Waals surface area contributed by atoms with Gasteiger partial charge in [0.25, 0.3) is 0 Å². The molecule has 0 fully saturated rings. The van der Waals surface area contributed by atoms with E-state index in [1.165, 1.54) is 0 Å². The van der Waals surface area contributed by atoms with Crippen molar-refractivity contribution in [1.82, 2.24) is 20.1 Å². The monoisotopic (exact) mass is 369 g/mol. The number of hydrogen-bond donors (Lipinski definition) is 2. The van der Waals surface area contributed by atoms with Gasteiger partial charge in [-0.3, -0.25) is 0 Å². The SMILES string of the molecule is CC(C)(C)n1ncnc1SCCNC(=S)Nc1ccc(Cl)cc1. The summed E-state index contributed by atoms with van der Waals surface area (Å²) >= 11 is 12.8. The third-order valence-corrected chi connectivity index (χ3v) is 4.32. The van der Waals surface area contributed by atoms with Crippen LogP contribution in [0.1, 0.15) is 20.8 Å². The Hall–Kier alpha value is -1.31. The molecule has 1 aromatic carbocycles. The van der Waals surface area contributed by atoms with E-state index in [0.717, 1.165) is 23.1 Å². The van der Waals surface area contributed by atoms with Gasteiger partial charge in [0.15, 0.2) is 10.3 Å². The molecule has 2 rings (SSSR count). The zero-order chi connectivity index (χ0) is 16.9. The van der Waals surface area contributed by atoms with Crippen LogP contribution in [-0.4, -0.2) is 32.2 Å². The summed E-state index contributed by atoms with van der Waals surface area (Å²) in [6.45, 7) is 7.06. The van der Waals surface area contributed by atoms with Crippen LogP contribution in [-0.2, 0) is 5.54 Å². The number of rotatable bonds is 5. The number of thiocarbonyl (C=S) groups is 1. The van der Waals surface area contributed by atoms with Crippen molar-refractivity contribution in [2.45, 2.75) is 31.5 Å². The molecule has 0 saturated carbocycles. The van der Waals surface area contributed by atoms with Crippen LogP contribution in [0.25, 0.3) is 0 Å². The molecule has 5 nitrogen and oxygen atoms in total. The highest BCUT2D eigenvalue weighted by Gasteiger charge is 2.18. The number of thioether (sulfide) groups is 1. The Morgan fingerprint density at radius 1 is 1.30 bits per heavy atom. The second kappa shape index (κ2) is 7.99. The van der Waals surface area contributed by atoms with Gasteiger partial charge < -0.3 is 10.6 Å². The first-order valence-corrected chi connectivity index (χ1v) is 8.97. The highest BCUT2D eigenvalue weighted by Crippen LogP contribution is 2.21. The summed E-state index contributed by atoms with van der Waals surface area (Å²) in [5, 5.41) is 12.8. The van der Waals surface area contributed by atoms with Crippen molar-refractivity contribution in [3.8, 4) is 0 Å². The van der Waals surface area contributed by atoms with E-state index >= 15 is 0 Å². The van der Waals surface area contributed by atoms with Crippen LogP contribution in [0.15, 0.2) is 35.7 Å². The molecule has 0 aliphatic heterocycles. The topological polar surface area (TPSA) is 54.8 Å². The summed E-state index contributed by atoms with van der Waals surface area (Å²) in [4.78, 5) is 4.30. The van der Waals surface area contributed by atoms with E-state index in [2.05, 4.69) is 41.5 Å².